The van der Waals surface area contributed by atoms with Crippen molar-refractivity contribution in [1.29, 1.82) is 0 Å². The summed E-state index contributed by atoms with van der Waals surface area (Å²) in [5.74, 6) is -0.673. The molecule has 0 fully saturated rings. The molecule has 0 saturated heterocycles. The normalized spacial score (nSPS) is 11.7. The Hall–Kier alpha value is -5.47. The fourth-order valence-corrected chi connectivity index (χ4v) is 4.79. The summed E-state index contributed by atoms with van der Waals surface area (Å²) in [6, 6.07) is 16.8. The van der Waals surface area contributed by atoms with Gasteiger partial charge in [-0.1, -0.05) is 32.3 Å². The van der Waals surface area contributed by atoms with E-state index in [-0.39, 0.29) is 23.8 Å². The van der Waals surface area contributed by atoms with E-state index in [1.165, 1.54) is 11.1 Å². The summed E-state index contributed by atoms with van der Waals surface area (Å²) in [6.07, 6.45) is -0.447. The number of hydrogen-bond donors (Lipinski definition) is 2. The molecule has 0 unspecified atom stereocenters. The van der Waals surface area contributed by atoms with Gasteiger partial charge in [0.1, 0.15) is 17.5 Å². The van der Waals surface area contributed by atoms with Gasteiger partial charge < -0.3 is 25.1 Å². The molecule has 0 aliphatic heterocycles. The number of ether oxygens (including phenoxy) is 2. The van der Waals surface area contributed by atoms with Crippen molar-refractivity contribution < 1.29 is 37.0 Å². The Bertz CT molecular complexity index is 1760. The standard InChI is InChI=1S/C34H38F3N7O5/c1-3-4-5-8-19-48-33(47)42-31(38)23-10-13-25(14-11-23)40-21-29-41-26-20-24(12-15-27(26)43(29)2)32(46)44(28-9-6-7-17-39-28)18-16-30(45)49-22-34(35,36)37/h6-7,9-15,17,20,40H,3-5,8,16,18-19,21-22H2,1-2H3,(H2,38,42,47). The molecule has 260 valence electrons. The number of carbonyl (C=O) groups is 3. The summed E-state index contributed by atoms with van der Waals surface area (Å²) in [4.78, 5) is 51.4. The molecule has 2 amide bonds. The number of aliphatic imine (C=N–C) groups is 1. The van der Waals surface area contributed by atoms with E-state index in [0.717, 1.165) is 36.9 Å². The Morgan fingerprint density at radius 2 is 1.76 bits per heavy atom. The van der Waals surface area contributed by atoms with Crippen LogP contribution in [0.5, 0.6) is 0 Å². The topological polar surface area (TPSA) is 154 Å². The molecule has 49 heavy (non-hydrogen) atoms. The van der Waals surface area contributed by atoms with Crippen LogP contribution in [0.25, 0.3) is 11.0 Å². The van der Waals surface area contributed by atoms with Gasteiger partial charge in [-0.15, -0.1) is 0 Å². The number of benzene rings is 2. The highest BCUT2D eigenvalue weighted by atomic mass is 19.4. The number of aromatic nitrogens is 3. The first-order valence-corrected chi connectivity index (χ1v) is 15.7. The number of esters is 1. The first-order chi connectivity index (χ1) is 23.4. The smallest absolute Gasteiger partial charge is 0.435 e. The quantitative estimate of drug-likeness (QED) is 0.0651. The number of unbranched alkanes of at least 4 members (excludes halogenated alkanes) is 3. The number of rotatable bonds is 15. The van der Waals surface area contributed by atoms with E-state index in [9.17, 15) is 27.6 Å². The molecule has 2 aromatic heterocycles. The predicted octanol–water partition coefficient (Wildman–Crippen LogP) is 6.15. The lowest BCUT2D eigenvalue weighted by molar-refractivity contribution is -0.186. The largest absolute Gasteiger partial charge is 0.456 e. The number of amidine groups is 1. The maximum Gasteiger partial charge on any atom is 0.435 e. The highest BCUT2D eigenvalue weighted by Crippen LogP contribution is 2.22. The summed E-state index contributed by atoms with van der Waals surface area (Å²) in [5, 5.41) is 3.29. The van der Waals surface area contributed by atoms with Crippen LogP contribution in [0.3, 0.4) is 0 Å². The van der Waals surface area contributed by atoms with Crippen molar-refractivity contribution in [3.63, 3.8) is 0 Å². The van der Waals surface area contributed by atoms with E-state index in [4.69, 9.17) is 10.5 Å². The van der Waals surface area contributed by atoms with Crippen LogP contribution in [-0.2, 0) is 27.9 Å². The zero-order valence-electron chi connectivity index (χ0n) is 27.2. The molecule has 0 aliphatic rings. The predicted molar refractivity (Wildman–Crippen MR) is 178 cm³/mol. The fourth-order valence-electron chi connectivity index (χ4n) is 4.79. The average Bonchev–Trinajstić information content (AvgIpc) is 3.40. The lowest BCUT2D eigenvalue weighted by Crippen LogP contribution is -2.34. The molecule has 3 N–H and O–H groups in total. The van der Waals surface area contributed by atoms with Gasteiger partial charge in [0.15, 0.2) is 6.61 Å². The third-order valence-corrected chi connectivity index (χ3v) is 7.39. The van der Waals surface area contributed by atoms with E-state index in [0.29, 0.717) is 30.1 Å². The molecule has 4 aromatic rings. The lowest BCUT2D eigenvalue weighted by Gasteiger charge is -2.21. The van der Waals surface area contributed by atoms with Gasteiger partial charge in [-0.05, 0) is 61.0 Å². The summed E-state index contributed by atoms with van der Waals surface area (Å²) in [7, 11) is 1.84. The molecular weight excluding hydrogens is 643 g/mol. The number of fused-ring (bicyclic) bond motifs is 1. The van der Waals surface area contributed by atoms with Crippen LogP contribution in [0, 0.1) is 0 Å². The minimum Gasteiger partial charge on any atom is -0.456 e. The molecule has 0 bridgehead atoms. The monoisotopic (exact) mass is 681 g/mol. The molecule has 0 spiro atoms. The van der Waals surface area contributed by atoms with Crippen molar-refractivity contribution in [1.82, 2.24) is 14.5 Å². The molecule has 2 aromatic carbocycles. The number of amides is 2. The Kier molecular flexibility index (Phi) is 12.7. The molecule has 0 radical (unpaired) electrons. The Morgan fingerprint density at radius 1 is 1.00 bits per heavy atom. The number of imidazole rings is 1. The fraction of sp³-hybridized carbons (Fsp3) is 0.353. The van der Waals surface area contributed by atoms with Gasteiger partial charge in [-0.25, -0.2) is 14.8 Å². The summed E-state index contributed by atoms with van der Waals surface area (Å²) in [6.45, 7) is 0.787. The molecule has 2 heterocycles. The number of nitrogens with zero attached hydrogens (tertiary/aromatic N) is 5. The van der Waals surface area contributed by atoms with Crippen LogP contribution in [0.4, 0.5) is 29.5 Å². The number of anilines is 2. The number of aryl methyl sites for hydroxylation is 1. The van der Waals surface area contributed by atoms with Crippen molar-refractivity contribution in [2.45, 2.75) is 51.7 Å². The van der Waals surface area contributed by atoms with E-state index in [1.807, 2.05) is 11.6 Å². The van der Waals surface area contributed by atoms with Crippen LogP contribution in [0.2, 0.25) is 0 Å². The minimum atomic E-state index is -4.65. The summed E-state index contributed by atoms with van der Waals surface area (Å²) in [5.41, 5.74) is 8.85. The van der Waals surface area contributed by atoms with Gasteiger partial charge in [0.25, 0.3) is 5.91 Å². The molecular formula is C34H38F3N7O5. The lowest BCUT2D eigenvalue weighted by atomic mass is 10.1. The van der Waals surface area contributed by atoms with Crippen LogP contribution in [0.15, 0.2) is 71.9 Å². The van der Waals surface area contributed by atoms with Crippen LogP contribution < -0.4 is 16.0 Å². The zero-order chi connectivity index (χ0) is 35.4. The van der Waals surface area contributed by atoms with Crippen molar-refractivity contribution in [2.75, 3.05) is 30.0 Å². The first-order valence-electron chi connectivity index (χ1n) is 15.7. The molecule has 0 saturated carbocycles. The SMILES string of the molecule is CCCCCCOC(=O)/N=C(\N)c1ccc(NCc2nc3cc(C(=O)N(CCC(=O)OCC(F)(F)F)c4ccccn4)ccc3n2C)cc1. The van der Waals surface area contributed by atoms with Crippen molar-refractivity contribution in [3.05, 3.63) is 83.8 Å². The van der Waals surface area contributed by atoms with Gasteiger partial charge in [-0.3, -0.25) is 14.5 Å². The van der Waals surface area contributed by atoms with Crippen LogP contribution in [0.1, 0.15) is 60.8 Å². The summed E-state index contributed by atoms with van der Waals surface area (Å²) < 4.78 is 48.7. The number of carbonyl (C=O) groups excluding carboxylic acids is 3. The maximum atomic E-state index is 13.6. The Morgan fingerprint density at radius 3 is 2.45 bits per heavy atom. The van der Waals surface area contributed by atoms with Gasteiger partial charge in [-0.2, -0.15) is 18.2 Å². The van der Waals surface area contributed by atoms with Gasteiger partial charge in [0.05, 0.1) is 30.6 Å². The van der Waals surface area contributed by atoms with Crippen molar-refractivity contribution in [2.24, 2.45) is 17.8 Å². The molecule has 0 atom stereocenters. The van der Waals surface area contributed by atoms with Crippen molar-refractivity contribution >= 4 is 46.3 Å². The van der Waals surface area contributed by atoms with E-state index in [2.05, 4.69) is 31.9 Å². The van der Waals surface area contributed by atoms with Crippen molar-refractivity contribution in [3.8, 4) is 0 Å². The number of pyridine rings is 1. The average molecular weight is 682 g/mol. The van der Waals surface area contributed by atoms with E-state index < -0.39 is 37.2 Å². The third-order valence-electron chi connectivity index (χ3n) is 7.39. The molecule has 4 rings (SSSR count). The number of nitrogens with two attached hydrogens (primary N) is 1. The van der Waals surface area contributed by atoms with Gasteiger partial charge >= 0.3 is 18.2 Å². The number of hydrogen-bond acceptors (Lipinski definition) is 8. The highest BCUT2D eigenvalue weighted by molar-refractivity contribution is 6.07. The zero-order valence-corrected chi connectivity index (χ0v) is 27.2. The highest BCUT2D eigenvalue weighted by Gasteiger charge is 2.30. The van der Waals surface area contributed by atoms with E-state index >= 15 is 0 Å². The molecule has 12 nitrogen and oxygen atoms in total. The first kappa shape index (κ1) is 36.4. The second-order valence-corrected chi connectivity index (χ2v) is 11.1. The van der Waals surface area contributed by atoms with E-state index in [1.54, 1.807) is 60.7 Å². The summed E-state index contributed by atoms with van der Waals surface area (Å²) >= 11 is 0. The maximum absolute atomic E-state index is 13.6. The van der Waals surface area contributed by atoms with Gasteiger partial charge in [0.2, 0.25) is 0 Å². The van der Waals surface area contributed by atoms with Crippen LogP contribution in [-0.4, -0.2) is 64.3 Å². The number of alkyl halides is 3. The number of halogens is 3. The Labute approximate surface area is 281 Å². The molecule has 0 aliphatic carbocycles. The second kappa shape index (κ2) is 17.1. The van der Waals surface area contributed by atoms with Crippen LogP contribution >= 0.6 is 0 Å². The number of nitrogens with one attached hydrogen (secondary N) is 1. The molecule has 15 heteroatoms. The minimum absolute atomic E-state index is 0.0498. The third kappa shape index (κ3) is 10.8. The Balaban J connectivity index is 1.40. The van der Waals surface area contributed by atoms with Gasteiger partial charge in [0, 0.05) is 36.6 Å². The second-order valence-electron chi connectivity index (χ2n) is 11.1.